The molecule has 126 valence electrons. The van der Waals surface area contributed by atoms with Gasteiger partial charge in [0, 0.05) is 18.0 Å². The van der Waals surface area contributed by atoms with Gasteiger partial charge in [0.25, 0.3) is 0 Å². The quantitative estimate of drug-likeness (QED) is 0.798. The monoisotopic (exact) mass is 330 g/mol. The minimum atomic E-state index is -1.14. The molecule has 0 fully saturated rings. The van der Waals surface area contributed by atoms with E-state index in [2.05, 4.69) is 5.16 Å². The normalized spacial score (nSPS) is 19.8. The third kappa shape index (κ3) is 2.24. The van der Waals surface area contributed by atoms with Crippen molar-refractivity contribution in [3.63, 3.8) is 0 Å². The molecule has 1 aromatic heterocycles. The van der Waals surface area contributed by atoms with Gasteiger partial charge in [-0.25, -0.2) is 4.79 Å². The number of nitrogens with zero attached hydrogens (tertiary/aromatic N) is 2. The summed E-state index contributed by atoms with van der Waals surface area (Å²) >= 11 is 0. The standard InChI is InChI=1S/C17H18N2O5/c1-9-10-7-5-6-8-11(10)19(2)14(9)13-12(16(20)22-3)15(24-18-13)17(21)23-4/h5-8,12,15H,1-4H3/t12-,15-/m1/s1. The largest absolute Gasteiger partial charge is 0.468 e. The van der Waals surface area contributed by atoms with Crippen LogP contribution in [0.1, 0.15) is 11.3 Å². The number of rotatable bonds is 3. The Bertz CT molecular complexity index is 813. The number of benzene rings is 1. The van der Waals surface area contributed by atoms with Crippen LogP contribution >= 0.6 is 0 Å². The molecule has 2 heterocycles. The smallest absolute Gasteiger partial charge is 0.351 e. The van der Waals surface area contributed by atoms with E-state index in [0.717, 1.165) is 22.2 Å². The predicted molar refractivity (Wildman–Crippen MR) is 86.6 cm³/mol. The van der Waals surface area contributed by atoms with Crippen LogP contribution < -0.4 is 0 Å². The Morgan fingerprint density at radius 2 is 1.83 bits per heavy atom. The Labute approximate surface area is 138 Å². The highest BCUT2D eigenvalue weighted by atomic mass is 16.7. The molecule has 2 atom stereocenters. The SMILES string of the molecule is COC(=O)[C@@H]1C(c2c(C)c3ccccc3n2C)=NO[C@H]1C(=O)OC. The summed E-state index contributed by atoms with van der Waals surface area (Å²) in [6, 6.07) is 7.86. The molecular weight excluding hydrogens is 312 g/mol. The number of oxime groups is 1. The Kier molecular flexibility index (Phi) is 4.01. The van der Waals surface area contributed by atoms with Crippen molar-refractivity contribution in [2.24, 2.45) is 18.1 Å². The van der Waals surface area contributed by atoms with Crippen LogP contribution in [0.2, 0.25) is 0 Å². The van der Waals surface area contributed by atoms with Crippen LogP contribution in [0.15, 0.2) is 29.4 Å². The van der Waals surface area contributed by atoms with Crippen LogP contribution in [0.3, 0.4) is 0 Å². The van der Waals surface area contributed by atoms with Crippen LogP contribution in [0.25, 0.3) is 10.9 Å². The second-order valence-electron chi connectivity index (χ2n) is 5.58. The molecule has 0 bridgehead atoms. The molecule has 3 rings (SSSR count). The zero-order valence-electron chi connectivity index (χ0n) is 13.9. The summed E-state index contributed by atoms with van der Waals surface area (Å²) in [4.78, 5) is 29.4. The van der Waals surface area contributed by atoms with Gasteiger partial charge in [0.2, 0.25) is 6.10 Å². The van der Waals surface area contributed by atoms with Gasteiger partial charge in [0.05, 0.1) is 19.9 Å². The Morgan fingerprint density at radius 3 is 2.46 bits per heavy atom. The molecule has 0 saturated carbocycles. The van der Waals surface area contributed by atoms with Gasteiger partial charge in [-0.05, 0) is 18.6 Å². The number of methoxy groups -OCH3 is 2. The molecule has 1 aromatic carbocycles. The van der Waals surface area contributed by atoms with Gasteiger partial charge < -0.3 is 18.9 Å². The van der Waals surface area contributed by atoms with Crippen LogP contribution in [-0.2, 0) is 30.9 Å². The second kappa shape index (κ2) is 5.99. The number of carbonyl (C=O) groups is 2. The number of hydrogen-bond donors (Lipinski definition) is 0. The maximum atomic E-state index is 12.3. The van der Waals surface area contributed by atoms with Crippen molar-refractivity contribution in [3.05, 3.63) is 35.5 Å². The van der Waals surface area contributed by atoms with Crippen molar-refractivity contribution in [1.29, 1.82) is 0 Å². The number of carbonyl (C=O) groups excluding carboxylic acids is 2. The van der Waals surface area contributed by atoms with Gasteiger partial charge in [0.15, 0.2) is 5.92 Å². The first kappa shape index (κ1) is 16.0. The van der Waals surface area contributed by atoms with E-state index in [1.165, 1.54) is 14.2 Å². The summed E-state index contributed by atoms with van der Waals surface area (Å²) in [5, 5.41) is 5.06. The third-order valence-electron chi connectivity index (χ3n) is 4.35. The van der Waals surface area contributed by atoms with Gasteiger partial charge in [-0.2, -0.15) is 0 Å². The fourth-order valence-corrected chi connectivity index (χ4v) is 3.17. The molecule has 1 aliphatic heterocycles. The first-order chi connectivity index (χ1) is 11.5. The molecule has 0 saturated heterocycles. The van der Waals surface area contributed by atoms with Crippen molar-refractivity contribution >= 4 is 28.6 Å². The fourth-order valence-electron chi connectivity index (χ4n) is 3.17. The molecule has 7 nitrogen and oxygen atoms in total. The number of ether oxygens (including phenoxy) is 2. The molecule has 0 spiro atoms. The van der Waals surface area contributed by atoms with Crippen LogP contribution in [0, 0.1) is 12.8 Å². The Morgan fingerprint density at radius 1 is 1.17 bits per heavy atom. The van der Waals surface area contributed by atoms with Crippen molar-refractivity contribution < 1.29 is 23.9 Å². The van der Waals surface area contributed by atoms with Gasteiger partial charge in [-0.1, -0.05) is 23.4 Å². The number of hydrogen-bond acceptors (Lipinski definition) is 6. The molecule has 7 heteroatoms. The Hall–Kier alpha value is -2.83. The van der Waals surface area contributed by atoms with E-state index >= 15 is 0 Å². The molecule has 24 heavy (non-hydrogen) atoms. The summed E-state index contributed by atoms with van der Waals surface area (Å²) in [5.74, 6) is -2.23. The van der Waals surface area contributed by atoms with E-state index in [0.29, 0.717) is 5.71 Å². The van der Waals surface area contributed by atoms with Gasteiger partial charge in [-0.15, -0.1) is 0 Å². The molecule has 2 aromatic rings. The average Bonchev–Trinajstić information content (AvgIpc) is 3.14. The zero-order valence-corrected chi connectivity index (χ0v) is 13.9. The lowest BCUT2D eigenvalue weighted by molar-refractivity contribution is -0.161. The molecule has 0 amide bonds. The minimum Gasteiger partial charge on any atom is -0.468 e. The summed E-state index contributed by atoms with van der Waals surface area (Å²) in [7, 11) is 4.38. The van der Waals surface area contributed by atoms with Crippen LogP contribution in [-0.4, -0.2) is 42.5 Å². The first-order valence-electron chi connectivity index (χ1n) is 7.45. The van der Waals surface area contributed by atoms with Crippen molar-refractivity contribution in [2.45, 2.75) is 13.0 Å². The van der Waals surface area contributed by atoms with E-state index in [1.807, 2.05) is 42.8 Å². The van der Waals surface area contributed by atoms with Crippen molar-refractivity contribution in [2.75, 3.05) is 14.2 Å². The van der Waals surface area contributed by atoms with Crippen molar-refractivity contribution in [3.8, 4) is 0 Å². The lowest BCUT2D eigenvalue weighted by atomic mass is 9.93. The lowest BCUT2D eigenvalue weighted by Gasteiger charge is -2.15. The highest BCUT2D eigenvalue weighted by Crippen LogP contribution is 2.31. The zero-order chi connectivity index (χ0) is 17.4. The fraction of sp³-hybridized carbons (Fsp3) is 0.353. The number of aryl methyl sites for hydroxylation is 2. The number of para-hydroxylation sites is 1. The molecule has 0 radical (unpaired) electrons. The highest BCUT2D eigenvalue weighted by molar-refractivity contribution is 6.17. The highest BCUT2D eigenvalue weighted by Gasteiger charge is 2.47. The van der Waals surface area contributed by atoms with Gasteiger partial charge >= 0.3 is 11.9 Å². The Balaban J connectivity index is 2.15. The summed E-state index contributed by atoms with van der Waals surface area (Å²) in [5.41, 5.74) is 3.05. The van der Waals surface area contributed by atoms with E-state index in [4.69, 9.17) is 14.3 Å². The molecule has 0 unspecified atom stereocenters. The molecule has 1 aliphatic rings. The van der Waals surface area contributed by atoms with E-state index in [9.17, 15) is 9.59 Å². The van der Waals surface area contributed by atoms with Crippen LogP contribution in [0.4, 0.5) is 0 Å². The number of fused-ring (bicyclic) bond motifs is 1. The summed E-state index contributed by atoms with van der Waals surface area (Å²) < 4.78 is 11.5. The van der Waals surface area contributed by atoms with Crippen molar-refractivity contribution in [1.82, 2.24) is 4.57 Å². The second-order valence-corrected chi connectivity index (χ2v) is 5.58. The lowest BCUT2D eigenvalue weighted by Crippen LogP contribution is -2.39. The molecule has 0 aliphatic carbocycles. The summed E-state index contributed by atoms with van der Waals surface area (Å²) in [6.45, 7) is 1.94. The molecule has 0 N–H and O–H groups in total. The maximum Gasteiger partial charge on any atom is 0.351 e. The summed E-state index contributed by atoms with van der Waals surface area (Å²) in [6.07, 6.45) is -1.14. The third-order valence-corrected chi connectivity index (χ3v) is 4.35. The van der Waals surface area contributed by atoms with E-state index in [1.54, 1.807) is 0 Å². The van der Waals surface area contributed by atoms with Gasteiger partial charge in [0.1, 0.15) is 5.71 Å². The topological polar surface area (TPSA) is 79.1 Å². The number of esters is 2. The predicted octanol–water partition coefficient (Wildman–Crippen LogP) is 1.55. The maximum absolute atomic E-state index is 12.3. The van der Waals surface area contributed by atoms with Gasteiger partial charge in [-0.3, -0.25) is 4.79 Å². The van der Waals surface area contributed by atoms with E-state index in [-0.39, 0.29) is 0 Å². The molecular formula is C17H18N2O5. The first-order valence-corrected chi connectivity index (χ1v) is 7.45. The van der Waals surface area contributed by atoms with E-state index < -0.39 is 24.0 Å². The average molecular weight is 330 g/mol. The number of aromatic nitrogens is 1. The van der Waals surface area contributed by atoms with Crippen LogP contribution in [0.5, 0.6) is 0 Å². The minimum absolute atomic E-state index is 0.369.